The zero-order chi connectivity index (χ0) is 21.4. The van der Waals surface area contributed by atoms with Crippen LogP contribution in [-0.2, 0) is 14.8 Å². The standard InChI is InChI=1S/C12H20N4O3S.C2HF3O2/c1-4-5-6-14-10-8-15-11(7-9(10)12(13)17)16(2)20(3,18)19;3-2(4,5)1(6)7/h7-8,14H,4-6H2,1-3H3,(H2,13,17);(H,6,7). The number of carboxylic acids is 1. The lowest BCUT2D eigenvalue weighted by molar-refractivity contribution is -0.192. The summed E-state index contributed by atoms with van der Waals surface area (Å²) < 4.78 is 55.7. The van der Waals surface area contributed by atoms with Crippen molar-refractivity contribution < 1.29 is 36.3 Å². The van der Waals surface area contributed by atoms with E-state index >= 15 is 0 Å². The number of unbranched alkanes of at least 4 members (excludes halogenated alkanes) is 1. The van der Waals surface area contributed by atoms with Gasteiger partial charge in [-0.2, -0.15) is 13.2 Å². The molecule has 0 aromatic carbocycles. The van der Waals surface area contributed by atoms with E-state index in [1.165, 1.54) is 19.3 Å². The van der Waals surface area contributed by atoms with Crippen LogP contribution in [0.25, 0.3) is 0 Å². The molecule has 1 rings (SSSR count). The highest BCUT2D eigenvalue weighted by Crippen LogP contribution is 2.21. The molecule has 13 heteroatoms. The smallest absolute Gasteiger partial charge is 0.475 e. The van der Waals surface area contributed by atoms with Gasteiger partial charge in [-0.15, -0.1) is 0 Å². The molecule has 0 unspecified atom stereocenters. The van der Waals surface area contributed by atoms with Gasteiger partial charge in [0, 0.05) is 13.6 Å². The zero-order valence-electron chi connectivity index (χ0n) is 14.9. The van der Waals surface area contributed by atoms with Crippen LogP contribution in [0.1, 0.15) is 30.1 Å². The Kier molecular flexibility index (Phi) is 9.00. The third-order valence-electron chi connectivity index (χ3n) is 3.06. The molecule has 0 radical (unpaired) electrons. The SMILES string of the molecule is CCCCNc1cnc(N(C)S(C)(=O)=O)cc1C(N)=O.O=C(O)C(F)(F)F. The molecule has 0 fully saturated rings. The number of hydrogen-bond donors (Lipinski definition) is 3. The Morgan fingerprint density at radius 2 is 1.89 bits per heavy atom. The highest BCUT2D eigenvalue weighted by Gasteiger charge is 2.38. The van der Waals surface area contributed by atoms with E-state index in [0.717, 1.165) is 23.4 Å². The number of carbonyl (C=O) groups excluding carboxylic acids is 1. The quantitative estimate of drug-likeness (QED) is 0.573. The van der Waals surface area contributed by atoms with E-state index in [1.54, 1.807) is 0 Å². The van der Waals surface area contributed by atoms with Crippen molar-refractivity contribution in [2.24, 2.45) is 5.73 Å². The van der Waals surface area contributed by atoms with Crippen LogP contribution in [0.4, 0.5) is 24.7 Å². The van der Waals surface area contributed by atoms with Gasteiger partial charge in [-0.05, 0) is 12.5 Å². The minimum absolute atomic E-state index is 0.155. The number of primary amides is 1. The van der Waals surface area contributed by atoms with E-state index in [0.29, 0.717) is 12.2 Å². The van der Waals surface area contributed by atoms with Crippen LogP contribution in [0.3, 0.4) is 0 Å². The third kappa shape index (κ3) is 8.57. The minimum Gasteiger partial charge on any atom is -0.475 e. The van der Waals surface area contributed by atoms with E-state index < -0.39 is 28.1 Å². The fourth-order valence-electron chi connectivity index (χ4n) is 1.53. The lowest BCUT2D eigenvalue weighted by Crippen LogP contribution is -2.26. The number of alkyl halides is 3. The molecular weight excluding hydrogens is 393 g/mol. The molecule has 0 bridgehead atoms. The van der Waals surface area contributed by atoms with Crippen LogP contribution in [0.2, 0.25) is 0 Å². The average molecular weight is 414 g/mol. The van der Waals surface area contributed by atoms with Gasteiger partial charge in [-0.25, -0.2) is 18.2 Å². The number of nitrogens with two attached hydrogens (primary N) is 1. The number of aromatic nitrogens is 1. The molecule has 1 heterocycles. The van der Waals surface area contributed by atoms with Crippen LogP contribution in [-0.4, -0.2) is 56.4 Å². The maximum absolute atomic E-state index is 11.5. The van der Waals surface area contributed by atoms with Crippen LogP contribution in [0.5, 0.6) is 0 Å². The molecule has 0 spiro atoms. The number of carboxylic acid groups (broad SMARTS) is 1. The number of pyridine rings is 1. The summed E-state index contributed by atoms with van der Waals surface area (Å²) >= 11 is 0. The second-order valence-electron chi connectivity index (χ2n) is 5.27. The Bertz CT molecular complexity index is 769. The molecule has 0 aliphatic carbocycles. The number of hydrogen-bond acceptors (Lipinski definition) is 6. The molecule has 0 aliphatic heterocycles. The molecule has 4 N–H and O–H groups in total. The van der Waals surface area contributed by atoms with Gasteiger partial charge in [0.05, 0.1) is 23.7 Å². The fourth-order valence-corrected chi connectivity index (χ4v) is 1.97. The fraction of sp³-hybridized carbons (Fsp3) is 0.500. The second-order valence-corrected chi connectivity index (χ2v) is 7.28. The van der Waals surface area contributed by atoms with Crippen molar-refractivity contribution in [3.8, 4) is 0 Å². The summed E-state index contributed by atoms with van der Waals surface area (Å²) in [6.07, 6.45) is -0.636. The normalized spacial score (nSPS) is 11.2. The first kappa shape index (κ1) is 24.4. The van der Waals surface area contributed by atoms with Crippen LogP contribution < -0.4 is 15.4 Å². The first-order valence-corrected chi connectivity index (χ1v) is 9.34. The summed E-state index contributed by atoms with van der Waals surface area (Å²) in [5, 5.41) is 10.2. The van der Waals surface area contributed by atoms with Crippen molar-refractivity contribution >= 4 is 33.4 Å². The van der Waals surface area contributed by atoms with Crippen LogP contribution in [0, 0.1) is 0 Å². The van der Waals surface area contributed by atoms with Crippen molar-refractivity contribution in [2.75, 3.05) is 29.5 Å². The van der Waals surface area contributed by atoms with Crippen molar-refractivity contribution in [1.82, 2.24) is 4.98 Å². The van der Waals surface area contributed by atoms with E-state index in [-0.39, 0.29) is 11.4 Å². The third-order valence-corrected chi connectivity index (χ3v) is 4.25. The lowest BCUT2D eigenvalue weighted by Gasteiger charge is -2.17. The van der Waals surface area contributed by atoms with Gasteiger partial charge in [-0.1, -0.05) is 13.3 Å². The van der Waals surface area contributed by atoms with Gasteiger partial charge >= 0.3 is 12.1 Å². The average Bonchev–Trinajstić information content (AvgIpc) is 2.53. The Labute approximate surface area is 154 Å². The molecule has 1 aromatic heterocycles. The largest absolute Gasteiger partial charge is 0.490 e. The van der Waals surface area contributed by atoms with Gasteiger partial charge in [0.25, 0.3) is 5.91 Å². The molecule has 27 heavy (non-hydrogen) atoms. The Morgan fingerprint density at radius 3 is 2.26 bits per heavy atom. The van der Waals surface area contributed by atoms with E-state index in [9.17, 15) is 26.4 Å². The van der Waals surface area contributed by atoms with E-state index in [1.807, 2.05) is 0 Å². The number of nitrogens with one attached hydrogen (secondary N) is 1. The van der Waals surface area contributed by atoms with Crippen LogP contribution in [0.15, 0.2) is 12.3 Å². The van der Waals surface area contributed by atoms with Crippen molar-refractivity contribution in [3.05, 3.63) is 17.8 Å². The molecule has 154 valence electrons. The number of anilines is 2. The lowest BCUT2D eigenvalue weighted by atomic mass is 10.2. The van der Waals surface area contributed by atoms with Crippen molar-refractivity contribution in [1.29, 1.82) is 0 Å². The molecule has 1 amide bonds. The maximum atomic E-state index is 11.5. The number of sulfonamides is 1. The van der Waals surface area contributed by atoms with Gasteiger partial charge in [0.15, 0.2) is 0 Å². The molecule has 0 saturated heterocycles. The number of halogens is 3. The van der Waals surface area contributed by atoms with E-state index in [4.69, 9.17) is 15.6 Å². The van der Waals surface area contributed by atoms with Gasteiger partial charge in [0.2, 0.25) is 10.0 Å². The van der Waals surface area contributed by atoms with Crippen molar-refractivity contribution in [2.45, 2.75) is 25.9 Å². The Hall–Kier alpha value is -2.57. The number of amides is 1. The molecule has 1 aromatic rings. The highest BCUT2D eigenvalue weighted by atomic mass is 32.2. The first-order chi connectivity index (χ1) is 12.2. The van der Waals surface area contributed by atoms with Crippen LogP contribution >= 0.6 is 0 Å². The van der Waals surface area contributed by atoms with Gasteiger partial charge in [-0.3, -0.25) is 9.10 Å². The summed E-state index contributed by atoms with van der Waals surface area (Å²) in [5.41, 5.74) is 6.06. The second kappa shape index (κ2) is 9.94. The summed E-state index contributed by atoms with van der Waals surface area (Å²) in [7, 11) is -2.07. The Morgan fingerprint density at radius 1 is 1.37 bits per heavy atom. The monoisotopic (exact) mass is 414 g/mol. The minimum atomic E-state index is -5.08. The molecule has 0 aliphatic rings. The number of rotatable bonds is 7. The van der Waals surface area contributed by atoms with E-state index in [2.05, 4.69) is 17.2 Å². The number of nitrogens with zero attached hydrogens (tertiary/aromatic N) is 2. The molecule has 9 nitrogen and oxygen atoms in total. The van der Waals surface area contributed by atoms with Crippen molar-refractivity contribution in [3.63, 3.8) is 0 Å². The zero-order valence-corrected chi connectivity index (χ0v) is 15.7. The highest BCUT2D eigenvalue weighted by molar-refractivity contribution is 7.92. The summed E-state index contributed by atoms with van der Waals surface area (Å²) in [6.45, 7) is 2.75. The predicted octanol–water partition coefficient (Wildman–Crippen LogP) is 1.42. The topological polar surface area (TPSA) is 143 Å². The number of aliphatic carboxylic acids is 1. The molecular formula is C14H21F3N4O5S. The van der Waals surface area contributed by atoms with Gasteiger partial charge < -0.3 is 16.2 Å². The first-order valence-electron chi connectivity index (χ1n) is 7.49. The maximum Gasteiger partial charge on any atom is 0.490 e. The predicted molar refractivity (Wildman–Crippen MR) is 93.1 cm³/mol. The summed E-state index contributed by atoms with van der Waals surface area (Å²) in [6, 6.07) is 1.37. The summed E-state index contributed by atoms with van der Waals surface area (Å²) in [5.74, 6) is -3.23. The van der Waals surface area contributed by atoms with Gasteiger partial charge in [0.1, 0.15) is 5.82 Å². The molecule has 0 atom stereocenters. The summed E-state index contributed by atoms with van der Waals surface area (Å²) in [4.78, 5) is 24.4. The molecule has 0 saturated carbocycles. The number of carbonyl (C=O) groups is 2. The Balaban J connectivity index is 0.000000821.